The number of aryl methyl sites for hydroxylation is 1. The molecule has 3 heteroatoms. The molecule has 2 N–H and O–H groups in total. The van der Waals surface area contributed by atoms with Gasteiger partial charge in [-0.1, -0.05) is 6.07 Å². The summed E-state index contributed by atoms with van der Waals surface area (Å²) in [4.78, 5) is 1.31. The number of nitrogens with two attached hydrogens (primary N) is 1. The van der Waals surface area contributed by atoms with Crippen molar-refractivity contribution in [3.8, 4) is 0 Å². The van der Waals surface area contributed by atoms with E-state index < -0.39 is 0 Å². The molecule has 0 bridgehead atoms. The normalized spacial score (nSPS) is 10.3. The van der Waals surface area contributed by atoms with Crippen LogP contribution in [-0.2, 0) is 0 Å². The Morgan fingerprint density at radius 2 is 2.08 bits per heavy atom. The fourth-order valence-electron chi connectivity index (χ4n) is 1.01. The minimum atomic E-state index is 0.859. The van der Waals surface area contributed by atoms with Gasteiger partial charge in [0, 0.05) is 22.1 Å². The van der Waals surface area contributed by atoms with Crippen molar-refractivity contribution in [1.82, 2.24) is 0 Å². The lowest BCUT2D eigenvalue weighted by molar-refractivity contribution is 1.30. The molecule has 1 rings (SSSR count). The first-order valence-corrected chi connectivity index (χ1v) is 6.60. The summed E-state index contributed by atoms with van der Waals surface area (Å²) < 4.78 is 0. The summed E-state index contributed by atoms with van der Waals surface area (Å²) in [6.07, 6.45) is 2.13. The van der Waals surface area contributed by atoms with Crippen LogP contribution in [0.2, 0.25) is 0 Å². The van der Waals surface area contributed by atoms with Crippen molar-refractivity contribution in [2.45, 2.75) is 11.8 Å². The molecule has 0 aliphatic rings. The van der Waals surface area contributed by atoms with Crippen molar-refractivity contribution in [3.63, 3.8) is 0 Å². The fraction of sp³-hybridized carbons (Fsp3) is 0.400. The molecular weight excluding hydrogens is 198 g/mol. The van der Waals surface area contributed by atoms with Crippen molar-refractivity contribution < 1.29 is 0 Å². The molecule has 0 fully saturated rings. The van der Waals surface area contributed by atoms with Gasteiger partial charge in [-0.25, -0.2) is 0 Å². The molecule has 0 saturated carbocycles. The molecule has 72 valence electrons. The monoisotopic (exact) mass is 213 g/mol. The molecular formula is C10H15NS2. The van der Waals surface area contributed by atoms with Gasteiger partial charge >= 0.3 is 0 Å². The van der Waals surface area contributed by atoms with Crippen LogP contribution in [-0.4, -0.2) is 17.8 Å². The zero-order chi connectivity index (χ0) is 9.68. The van der Waals surface area contributed by atoms with Crippen LogP contribution in [0.1, 0.15) is 5.56 Å². The van der Waals surface area contributed by atoms with Crippen LogP contribution in [0.15, 0.2) is 23.1 Å². The minimum absolute atomic E-state index is 0.859. The molecule has 0 saturated heterocycles. The zero-order valence-electron chi connectivity index (χ0n) is 8.04. The summed E-state index contributed by atoms with van der Waals surface area (Å²) in [6, 6.07) is 6.09. The Kier molecular flexibility index (Phi) is 4.53. The van der Waals surface area contributed by atoms with Gasteiger partial charge in [-0.3, -0.25) is 0 Å². The maximum atomic E-state index is 5.71. The van der Waals surface area contributed by atoms with Crippen LogP contribution in [0.5, 0.6) is 0 Å². The summed E-state index contributed by atoms with van der Waals surface area (Å²) >= 11 is 3.76. The first-order chi connectivity index (χ1) is 6.24. The van der Waals surface area contributed by atoms with Gasteiger partial charge in [0.1, 0.15) is 0 Å². The van der Waals surface area contributed by atoms with Crippen LogP contribution in [0, 0.1) is 6.92 Å². The number of thioether (sulfide) groups is 2. The van der Waals surface area contributed by atoms with Gasteiger partial charge in [-0.05, 0) is 30.9 Å². The molecule has 1 aromatic carbocycles. The van der Waals surface area contributed by atoms with Crippen molar-refractivity contribution in [3.05, 3.63) is 23.8 Å². The third-order valence-corrected chi connectivity index (χ3v) is 3.79. The Balaban J connectivity index is 2.59. The smallest absolute Gasteiger partial charge is 0.0325 e. The molecule has 0 unspecified atom stereocenters. The molecule has 1 aromatic rings. The molecule has 13 heavy (non-hydrogen) atoms. The number of hydrogen-bond donors (Lipinski definition) is 1. The van der Waals surface area contributed by atoms with Gasteiger partial charge in [0.15, 0.2) is 0 Å². The van der Waals surface area contributed by atoms with Crippen LogP contribution < -0.4 is 5.73 Å². The Bertz CT molecular complexity index is 274. The van der Waals surface area contributed by atoms with Crippen molar-refractivity contribution >= 4 is 29.2 Å². The molecule has 0 spiro atoms. The maximum absolute atomic E-state index is 5.71. The van der Waals surface area contributed by atoms with Gasteiger partial charge in [0.25, 0.3) is 0 Å². The zero-order valence-corrected chi connectivity index (χ0v) is 9.67. The summed E-state index contributed by atoms with van der Waals surface area (Å²) in [5.74, 6) is 2.35. The maximum Gasteiger partial charge on any atom is 0.0325 e. The number of benzene rings is 1. The third-order valence-electron chi connectivity index (χ3n) is 1.76. The molecule has 0 aromatic heterocycles. The molecule has 0 heterocycles. The second-order valence-electron chi connectivity index (χ2n) is 2.87. The number of hydrogen-bond acceptors (Lipinski definition) is 3. The van der Waals surface area contributed by atoms with Crippen molar-refractivity contribution in [1.29, 1.82) is 0 Å². The minimum Gasteiger partial charge on any atom is -0.399 e. The molecule has 0 amide bonds. The van der Waals surface area contributed by atoms with E-state index in [9.17, 15) is 0 Å². The van der Waals surface area contributed by atoms with E-state index in [4.69, 9.17) is 5.73 Å². The highest BCUT2D eigenvalue weighted by atomic mass is 32.2. The van der Waals surface area contributed by atoms with E-state index in [2.05, 4.69) is 25.3 Å². The van der Waals surface area contributed by atoms with E-state index in [1.807, 2.05) is 29.6 Å². The topological polar surface area (TPSA) is 26.0 Å². The van der Waals surface area contributed by atoms with E-state index in [0.717, 1.165) is 11.4 Å². The van der Waals surface area contributed by atoms with Gasteiger partial charge in [0.2, 0.25) is 0 Å². The van der Waals surface area contributed by atoms with Crippen molar-refractivity contribution in [2.75, 3.05) is 23.5 Å². The summed E-state index contributed by atoms with van der Waals surface area (Å²) in [7, 11) is 0. The van der Waals surface area contributed by atoms with E-state index >= 15 is 0 Å². The summed E-state index contributed by atoms with van der Waals surface area (Å²) in [6.45, 7) is 2.13. The first kappa shape index (κ1) is 10.8. The van der Waals surface area contributed by atoms with Gasteiger partial charge in [-0.15, -0.1) is 11.8 Å². The predicted molar refractivity (Wildman–Crippen MR) is 64.7 cm³/mol. The highest BCUT2D eigenvalue weighted by molar-refractivity contribution is 8.02. The van der Waals surface area contributed by atoms with Crippen LogP contribution in [0.3, 0.4) is 0 Å². The van der Waals surface area contributed by atoms with E-state index in [0.29, 0.717) is 0 Å². The quantitative estimate of drug-likeness (QED) is 0.473. The Morgan fingerprint density at radius 1 is 1.31 bits per heavy atom. The molecule has 0 radical (unpaired) electrons. The first-order valence-electron chi connectivity index (χ1n) is 4.22. The fourth-order valence-corrected chi connectivity index (χ4v) is 2.74. The van der Waals surface area contributed by atoms with E-state index in [1.165, 1.54) is 16.2 Å². The third kappa shape index (κ3) is 3.53. The lowest BCUT2D eigenvalue weighted by Gasteiger charge is -2.05. The standard InChI is InChI=1S/C10H15NS2/c1-8-3-4-9(11)7-10(8)13-6-5-12-2/h3-4,7H,5-6,11H2,1-2H3. The van der Waals surface area contributed by atoms with Crippen LogP contribution in [0.4, 0.5) is 5.69 Å². The highest BCUT2D eigenvalue weighted by Gasteiger charge is 1.98. The van der Waals surface area contributed by atoms with Crippen molar-refractivity contribution in [2.24, 2.45) is 0 Å². The van der Waals surface area contributed by atoms with E-state index in [-0.39, 0.29) is 0 Å². The number of nitrogen functional groups attached to an aromatic ring is 1. The average molecular weight is 213 g/mol. The number of rotatable bonds is 4. The summed E-state index contributed by atoms with van der Waals surface area (Å²) in [5.41, 5.74) is 7.89. The highest BCUT2D eigenvalue weighted by Crippen LogP contribution is 2.24. The second-order valence-corrected chi connectivity index (χ2v) is 4.99. The van der Waals surface area contributed by atoms with Gasteiger partial charge < -0.3 is 5.73 Å². The molecule has 0 atom stereocenters. The molecule has 0 aliphatic heterocycles. The van der Waals surface area contributed by atoms with Crippen LogP contribution in [0.25, 0.3) is 0 Å². The average Bonchev–Trinajstić information content (AvgIpc) is 2.11. The van der Waals surface area contributed by atoms with Gasteiger partial charge in [-0.2, -0.15) is 11.8 Å². The van der Waals surface area contributed by atoms with E-state index in [1.54, 1.807) is 0 Å². The summed E-state index contributed by atoms with van der Waals surface area (Å²) in [5, 5.41) is 0. The molecule has 1 nitrogen and oxygen atoms in total. The lowest BCUT2D eigenvalue weighted by Crippen LogP contribution is -1.89. The van der Waals surface area contributed by atoms with Crippen LogP contribution >= 0.6 is 23.5 Å². The van der Waals surface area contributed by atoms with Gasteiger partial charge in [0.05, 0.1) is 0 Å². The Hall–Kier alpha value is -0.280. The number of anilines is 1. The lowest BCUT2D eigenvalue weighted by atomic mass is 10.2. The molecule has 0 aliphatic carbocycles. The Labute approximate surface area is 88.5 Å². The largest absolute Gasteiger partial charge is 0.399 e. The SMILES string of the molecule is CSCCSc1cc(N)ccc1C. The Morgan fingerprint density at radius 3 is 2.77 bits per heavy atom. The second kappa shape index (κ2) is 5.45. The predicted octanol–water partition coefficient (Wildman–Crippen LogP) is 3.03.